The molecule has 1 heterocycles. The number of hydrogen-bond donors (Lipinski definition) is 0. The van der Waals surface area contributed by atoms with E-state index in [9.17, 15) is 0 Å². The van der Waals surface area contributed by atoms with Gasteiger partial charge in [-0.25, -0.2) is 0 Å². The molecule has 0 unspecified atom stereocenters. The lowest BCUT2D eigenvalue weighted by Gasteiger charge is -2.40. The van der Waals surface area contributed by atoms with Crippen molar-refractivity contribution < 1.29 is 0 Å². The van der Waals surface area contributed by atoms with E-state index in [1.807, 2.05) is 0 Å². The molecule has 0 radical (unpaired) electrons. The SMILES string of the molecule is CC(C)[Si@@]1(Cl)c2cccc3cccc(c23)[Si@]1(Cl)C(C)C. The van der Waals surface area contributed by atoms with Crippen molar-refractivity contribution in [2.75, 3.05) is 0 Å². The van der Waals surface area contributed by atoms with Crippen LogP contribution in [0.25, 0.3) is 10.8 Å². The van der Waals surface area contributed by atoms with Gasteiger partial charge in [0.15, 0.2) is 0 Å². The molecule has 0 saturated heterocycles. The van der Waals surface area contributed by atoms with Crippen LogP contribution >= 0.6 is 22.2 Å². The molecule has 106 valence electrons. The van der Waals surface area contributed by atoms with Gasteiger partial charge in [-0.15, -0.1) is 0 Å². The lowest BCUT2D eigenvalue weighted by Crippen LogP contribution is -2.67. The summed E-state index contributed by atoms with van der Waals surface area (Å²) in [5.74, 6) is 0. The van der Waals surface area contributed by atoms with E-state index < -0.39 is 13.8 Å². The molecule has 0 bridgehead atoms. The summed E-state index contributed by atoms with van der Waals surface area (Å²) in [4.78, 5) is 0. The summed E-state index contributed by atoms with van der Waals surface area (Å²) < 4.78 is 0. The molecule has 3 rings (SSSR count). The zero-order valence-electron chi connectivity index (χ0n) is 12.4. The van der Waals surface area contributed by atoms with Gasteiger partial charge in [-0.05, 0) is 32.2 Å². The van der Waals surface area contributed by atoms with Crippen LogP contribution in [0.2, 0.25) is 11.1 Å². The third kappa shape index (κ3) is 1.54. The Labute approximate surface area is 132 Å². The second-order valence-electron chi connectivity index (χ2n) is 6.44. The fourth-order valence-electron chi connectivity index (χ4n) is 3.80. The monoisotopic (exact) mass is 338 g/mol. The largest absolute Gasteiger partial charge is 0.203 e. The summed E-state index contributed by atoms with van der Waals surface area (Å²) in [7, 11) is 0. The van der Waals surface area contributed by atoms with Crippen molar-refractivity contribution in [3.8, 4) is 0 Å². The Kier molecular flexibility index (Phi) is 3.37. The van der Waals surface area contributed by atoms with E-state index in [4.69, 9.17) is 22.2 Å². The molecule has 1 aliphatic rings. The molecule has 2 atom stereocenters. The molecular weight excluding hydrogens is 319 g/mol. The van der Waals surface area contributed by atoms with Crippen LogP contribution < -0.4 is 10.4 Å². The van der Waals surface area contributed by atoms with Gasteiger partial charge >= 0.3 is 0 Å². The first-order valence-electron chi connectivity index (χ1n) is 7.25. The van der Waals surface area contributed by atoms with Gasteiger partial charge < -0.3 is 0 Å². The van der Waals surface area contributed by atoms with E-state index in [0.717, 1.165) is 0 Å². The highest BCUT2D eigenvalue weighted by Crippen LogP contribution is 2.47. The normalized spacial score (nSPS) is 28.8. The van der Waals surface area contributed by atoms with E-state index in [-0.39, 0.29) is 0 Å². The minimum Gasteiger partial charge on any atom is -0.162 e. The molecule has 0 saturated carbocycles. The first-order valence-corrected chi connectivity index (χ1v) is 14.4. The molecular formula is C16H20Cl2Si2. The van der Waals surface area contributed by atoms with Gasteiger partial charge in [-0.3, -0.25) is 0 Å². The second-order valence-corrected chi connectivity index (χ2v) is 22.9. The Morgan fingerprint density at radius 3 is 1.50 bits per heavy atom. The molecule has 1 aliphatic heterocycles. The summed E-state index contributed by atoms with van der Waals surface area (Å²) in [6, 6.07) is 13.1. The van der Waals surface area contributed by atoms with Crippen LogP contribution in [-0.2, 0) is 0 Å². The zero-order chi connectivity index (χ0) is 14.7. The molecule has 0 fully saturated rings. The minimum atomic E-state index is -2.21. The van der Waals surface area contributed by atoms with Gasteiger partial charge in [0.1, 0.15) is 0 Å². The van der Waals surface area contributed by atoms with Gasteiger partial charge in [0.25, 0.3) is 0 Å². The van der Waals surface area contributed by atoms with E-state index in [0.29, 0.717) is 11.1 Å². The van der Waals surface area contributed by atoms with E-state index >= 15 is 0 Å². The lowest BCUT2D eigenvalue weighted by atomic mass is 10.1. The van der Waals surface area contributed by atoms with Gasteiger partial charge in [-0.1, -0.05) is 64.1 Å². The molecule has 2 aromatic carbocycles. The van der Waals surface area contributed by atoms with Crippen molar-refractivity contribution in [3.05, 3.63) is 36.4 Å². The number of halogens is 2. The Morgan fingerprint density at radius 2 is 1.15 bits per heavy atom. The average Bonchev–Trinajstić information content (AvgIpc) is 2.63. The molecule has 0 aliphatic carbocycles. The number of rotatable bonds is 2. The van der Waals surface area contributed by atoms with Crippen molar-refractivity contribution in [2.24, 2.45) is 0 Å². The van der Waals surface area contributed by atoms with Crippen LogP contribution in [0.5, 0.6) is 0 Å². The maximum atomic E-state index is 7.41. The Bertz CT molecular complexity index is 628. The summed E-state index contributed by atoms with van der Waals surface area (Å²) in [5, 5.41) is 5.45. The summed E-state index contributed by atoms with van der Waals surface area (Å²) >= 11 is 14.8. The van der Waals surface area contributed by atoms with Crippen molar-refractivity contribution in [2.45, 2.75) is 38.8 Å². The van der Waals surface area contributed by atoms with Crippen molar-refractivity contribution >= 4 is 57.1 Å². The zero-order valence-corrected chi connectivity index (χ0v) is 15.9. The standard InChI is InChI=1S/C16H20Cl2Si2/c1-11(2)19(17)14-9-5-7-13-8-6-10-15(16(13)14)20(19,18)12(3)4/h5-12H,1-4H3/t19-,20-/m0/s1. The third-order valence-electron chi connectivity index (χ3n) is 4.81. The van der Waals surface area contributed by atoms with E-state index in [2.05, 4.69) is 64.1 Å². The number of benzene rings is 2. The van der Waals surface area contributed by atoms with Crippen LogP contribution in [0.4, 0.5) is 0 Å². The Morgan fingerprint density at radius 1 is 0.750 bits per heavy atom. The topological polar surface area (TPSA) is 0 Å². The molecule has 0 nitrogen and oxygen atoms in total. The maximum absolute atomic E-state index is 7.41. The van der Waals surface area contributed by atoms with Crippen LogP contribution in [-0.4, -0.2) is 13.8 Å². The third-order valence-corrected chi connectivity index (χ3v) is 29.8. The highest BCUT2D eigenvalue weighted by molar-refractivity contribution is 7.80. The van der Waals surface area contributed by atoms with Gasteiger partial charge in [-0.2, -0.15) is 22.2 Å². The first-order chi connectivity index (χ1) is 9.35. The molecule has 2 aromatic rings. The van der Waals surface area contributed by atoms with E-state index in [1.165, 1.54) is 21.1 Å². The quantitative estimate of drug-likeness (QED) is 0.557. The van der Waals surface area contributed by atoms with Crippen molar-refractivity contribution in [3.63, 3.8) is 0 Å². The van der Waals surface area contributed by atoms with Gasteiger partial charge in [0.2, 0.25) is 13.8 Å². The first kappa shape index (κ1) is 14.6. The molecule has 0 amide bonds. The Hall–Kier alpha value is -0.286. The van der Waals surface area contributed by atoms with Crippen molar-refractivity contribution in [1.82, 2.24) is 0 Å². The fraction of sp³-hybridized carbons (Fsp3) is 0.375. The van der Waals surface area contributed by atoms with E-state index in [1.54, 1.807) is 0 Å². The second kappa shape index (κ2) is 4.60. The smallest absolute Gasteiger partial charge is 0.162 e. The van der Waals surface area contributed by atoms with Gasteiger partial charge in [0.05, 0.1) is 0 Å². The lowest BCUT2D eigenvalue weighted by molar-refractivity contribution is 1.02. The minimum absolute atomic E-state index is 0.453. The molecule has 4 heteroatoms. The highest BCUT2D eigenvalue weighted by atomic mass is 35.6. The summed E-state index contributed by atoms with van der Waals surface area (Å²) in [5.41, 5.74) is 0.905. The van der Waals surface area contributed by atoms with Crippen LogP contribution in [0, 0.1) is 0 Å². The van der Waals surface area contributed by atoms with Crippen molar-refractivity contribution in [1.29, 1.82) is 0 Å². The number of hydrogen-bond acceptors (Lipinski definition) is 0. The molecule has 0 aromatic heterocycles. The molecule has 0 N–H and O–H groups in total. The maximum Gasteiger partial charge on any atom is 0.203 e. The van der Waals surface area contributed by atoms with Crippen LogP contribution in [0.15, 0.2) is 36.4 Å². The van der Waals surface area contributed by atoms with Crippen LogP contribution in [0.3, 0.4) is 0 Å². The molecule has 0 spiro atoms. The molecule has 20 heavy (non-hydrogen) atoms. The predicted octanol–water partition coefficient (Wildman–Crippen LogP) is 4.53. The highest BCUT2D eigenvalue weighted by Gasteiger charge is 2.64. The Balaban J connectivity index is 2.48. The average molecular weight is 339 g/mol. The van der Waals surface area contributed by atoms with Crippen LogP contribution in [0.1, 0.15) is 27.7 Å². The summed E-state index contributed by atoms with van der Waals surface area (Å²) in [6.45, 7) is 4.63. The fourth-order valence-corrected chi connectivity index (χ4v) is 24.9. The summed E-state index contributed by atoms with van der Waals surface area (Å²) in [6.07, 6.45) is 0. The predicted molar refractivity (Wildman–Crippen MR) is 96.6 cm³/mol. The van der Waals surface area contributed by atoms with Gasteiger partial charge in [0, 0.05) is 0 Å².